The molecule has 0 saturated carbocycles. The second-order valence-corrected chi connectivity index (χ2v) is 12.8. The molecule has 0 spiro atoms. The Morgan fingerprint density at radius 1 is 0.955 bits per heavy atom. The number of hydrogen-bond acceptors (Lipinski definition) is 6. The number of pyridine rings is 1. The topological polar surface area (TPSA) is 94.0 Å². The fourth-order valence-corrected chi connectivity index (χ4v) is 6.77. The zero-order valence-electron chi connectivity index (χ0n) is 24.9. The van der Waals surface area contributed by atoms with Crippen molar-refractivity contribution in [2.45, 2.75) is 44.4 Å². The molecule has 6 rings (SSSR count). The predicted molar refractivity (Wildman–Crippen MR) is 170 cm³/mol. The highest BCUT2D eigenvalue weighted by Crippen LogP contribution is 2.35. The molecule has 1 saturated heterocycles. The predicted octanol–water partition coefficient (Wildman–Crippen LogP) is 6.39. The number of fused-ring (bicyclic) bond motifs is 1. The third kappa shape index (κ3) is 5.60. The molecule has 2 aromatic heterocycles. The Morgan fingerprint density at radius 3 is 2.48 bits per heavy atom. The maximum atomic E-state index is 14.0. The van der Waals surface area contributed by atoms with Gasteiger partial charge in [0.15, 0.2) is 17.1 Å². The Kier molecular flexibility index (Phi) is 8.01. The maximum Gasteiger partial charge on any atom is 0.325 e. The number of urea groups is 1. The fourth-order valence-electron chi connectivity index (χ4n) is 5.47. The van der Waals surface area contributed by atoms with Gasteiger partial charge in [-0.2, -0.15) is 0 Å². The zero-order valence-corrected chi connectivity index (χ0v) is 25.7. The summed E-state index contributed by atoms with van der Waals surface area (Å²) in [5.74, 6) is 1.14. The second kappa shape index (κ2) is 12.0. The van der Waals surface area contributed by atoms with Crippen LogP contribution < -0.4 is 14.4 Å². The number of rotatable bonds is 9. The van der Waals surface area contributed by atoms with Crippen LogP contribution >= 0.6 is 0 Å². The van der Waals surface area contributed by atoms with Crippen molar-refractivity contribution in [2.75, 3.05) is 18.6 Å². The van der Waals surface area contributed by atoms with Crippen molar-refractivity contribution >= 4 is 32.8 Å². The minimum absolute atomic E-state index is 0.0209. The van der Waals surface area contributed by atoms with Gasteiger partial charge in [0.1, 0.15) is 6.61 Å². The monoisotopic (exact) mass is 610 g/mol. The molecule has 1 atom stereocenters. The van der Waals surface area contributed by atoms with Gasteiger partial charge in [-0.1, -0.05) is 48.0 Å². The van der Waals surface area contributed by atoms with E-state index in [1.807, 2.05) is 73.3 Å². The number of aryl methyl sites for hydroxylation is 1. The summed E-state index contributed by atoms with van der Waals surface area (Å²) in [6.07, 6.45) is 3.88. The van der Waals surface area contributed by atoms with Crippen LogP contribution in [0.25, 0.3) is 11.0 Å². The summed E-state index contributed by atoms with van der Waals surface area (Å²) in [5, 5.41) is 0.682. The smallest absolute Gasteiger partial charge is 0.325 e. The Morgan fingerprint density at radius 2 is 1.73 bits per heavy atom. The van der Waals surface area contributed by atoms with Crippen molar-refractivity contribution < 1.29 is 22.7 Å². The molecule has 0 bridgehead atoms. The first-order valence-corrected chi connectivity index (χ1v) is 15.9. The fraction of sp³-hybridized carbons (Fsp3) is 0.235. The lowest BCUT2D eigenvalue weighted by Crippen LogP contribution is -2.53. The first-order valence-electron chi connectivity index (χ1n) is 14.5. The van der Waals surface area contributed by atoms with Crippen LogP contribution in [0.1, 0.15) is 30.0 Å². The number of aromatic nitrogens is 2. The molecule has 226 valence electrons. The van der Waals surface area contributed by atoms with E-state index >= 15 is 0 Å². The van der Waals surface area contributed by atoms with Crippen LogP contribution in [0.15, 0.2) is 102 Å². The Balaban J connectivity index is 1.26. The Hall–Kier alpha value is -4.83. The molecule has 2 amide bonds. The molecule has 5 aromatic rings. The zero-order chi connectivity index (χ0) is 30.8. The van der Waals surface area contributed by atoms with Gasteiger partial charge in [0.2, 0.25) is 0 Å². The van der Waals surface area contributed by atoms with Gasteiger partial charge in [-0.25, -0.2) is 22.2 Å². The number of hydrogen-bond donors (Lipinski definition) is 0. The quantitative estimate of drug-likeness (QED) is 0.192. The first-order chi connectivity index (χ1) is 21.3. The molecule has 0 unspecified atom stereocenters. The van der Waals surface area contributed by atoms with E-state index < -0.39 is 10.0 Å². The Labute approximate surface area is 257 Å². The summed E-state index contributed by atoms with van der Waals surface area (Å²) >= 11 is 0. The van der Waals surface area contributed by atoms with Crippen molar-refractivity contribution in [3.8, 4) is 11.5 Å². The maximum absolute atomic E-state index is 14.0. The van der Waals surface area contributed by atoms with E-state index in [1.54, 1.807) is 48.5 Å². The third-order valence-electron chi connectivity index (χ3n) is 8.04. The van der Waals surface area contributed by atoms with Crippen LogP contribution in [0.2, 0.25) is 0 Å². The van der Waals surface area contributed by atoms with Crippen molar-refractivity contribution in [3.63, 3.8) is 0 Å². The third-order valence-corrected chi connectivity index (χ3v) is 9.72. The summed E-state index contributed by atoms with van der Waals surface area (Å²) < 4.78 is 39.8. The first kappa shape index (κ1) is 29.3. The molecule has 1 aliphatic rings. The average molecular weight is 611 g/mol. The molecule has 3 aromatic carbocycles. The second-order valence-electron chi connectivity index (χ2n) is 10.9. The molecule has 3 heterocycles. The highest BCUT2D eigenvalue weighted by Gasteiger charge is 2.33. The van der Waals surface area contributed by atoms with Crippen LogP contribution in [0.3, 0.4) is 0 Å². The van der Waals surface area contributed by atoms with Crippen LogP contribution in [0, 0.1) is 6.92 Å². The van der Waals surface area contributed by atoms with E-state index in [1.165, 1.54) is 10.2 Å². The summed E-state index contributed by atoms with van der Waals surface area (Å²) in [5.41, 5.74) is 3.86. The molecule has 0 radical (unpaired) electrons. The van der Waals surface area contributed by atoms with E-state index in [0.717, 1.165) is 23.1 Å². The summed E-state index contributed by atoms with van der Waals surface area (Å²) in [6.45, 7) is 5.17. The number of nitrogens with zero attached hydrogens (tertiary/aromatic N) is 4. The molecular formula is C34H34N4O5S. The Bertz CT molecular complexity index is 1910. The molecular weight excluding hydrogens is 576 g/mol. The van der Waals surface area contributed by atoms with E-state index in [2.05, 4.69) is 4.98 Å². The molecule has 9 nitrogen and oxygen atoms in total. The van der Waals surface area contributed by atoms with Gasteiger partial charge >= 0.3 is 6.03 Å². The van der Waals surface area contributed by atoms with Gasteiger partial charge in [-0.05, 0) is 67.8 Å². The van der Waals surface area contributed by atoms with Crippen LogP contribution in [-0.4, -0.2) is 48.0 Å². The lowest BCUT2D eigenvalue weighted by molar-refractivity contribution is 0.166. The van der Waals surface area contributed by atoms with E-state index in [9.17, 15) is 13.2 Å². The van der Waals surface area contributed by atoms with Crippen molar-refractivity contribution in [1.82, 2.24) is 13.9 Å². The lowest BCUT2D eigenvalue weighted by Gasteiger charge is -2.40. The summed E-state index contributed by atoms with van der Waals surface area (Å²) in [7, 11) is -2.25. The average Bonchev–Trinajstić information content (AvgIpc) is 3.49. The van der Waals surface area contributed by atoms with Crippen molar-refractivity contribution in [3.05, 3.63) is 114 Å². The van der Waals surface area contributed by atoms with Gasteiger partial charge in [0.05, 0.1) is 12.0 Å². The van der Waals surface area contributed by atoms with Crippen LogP contribution in [-0.2, 0) is 23.2 Å². The van der Waals surface area contributed by atoms with E-state index in [4.69, 9.17) is 9.47 Å². The standard InChI is InChI=1S/C34H34N4O5S/c1-24-9-12-29(13-10-24)44(40,41)38-20-17-30-27(15-18-35-33(30)38)22-37-25(2)16-19-36(34(37)39)28-11-14-31(42-3)32(21-28)43-23-26-7-5-4-6-8-26/h4-15,17-18,20-21,25H,16,19,22-23H2,1-3H3/t25-/m0/s1. The SMILES string of the molecule is COc1ccc(N2CC[C@H](C)N(Cc3ccnc4c3ccn4S(=O)(=O)c3ccc(C)cc3)C2=O)cc1OCc1ccccc1. The van der Waals surface area contributed by atoms with Gasteiger partial charge < -0.3 is 14.4 Å². The molecule has 1 fully saturated rings. The van der Waals surface area contributed by atoms with Crippen molar-refractivity contribution in [2.24, 2.45) is 0 Å². The van der Waals surface area contributed by atoms with E-state index in [0.29, 0.717) is 47.9 Å². The largest absolute Gasteiger partial charge is 0.493 e. The van der Waals surface area contributed by atoms with Crippen LogP contribution in [0.5, 0.6) is 11.5 Å². The van der Waals surface area contributed by atoms with Crippen molar-refractivity contribution in [1.29, 1.82) is 0 Å². The van der Waals surface area contributed by atoms with Gasteiger partial charge in [0.25, 0.3) is 10.0 Å². The van der Waals surface area contributed by atoms with E-state index in [-0.39, 0.29) is 17.0 Å². The minimum Gasteiger partial charge on any atom is -0.493 e. The van der Waals surface area contributed by atoms with Gasteiger partial charge in [0, 0.05) is 48.7 Å². The molecule has 1 aliphatic heterocycles. The van der Waals surface area contributed by atoms with Crippen LogP contribution in [0.4, 0.5) is 10.5 Å². The number of carbonyl (C=O) groups excluding carboxylic acids is 1. The number of methoxy groups -OCH3 is 1. The molecule has 0 N–H and O–H groups in total. The summed E-state index contributed by atoms with van der Waals surface area (Å²) in [4.78, 5) is 22.1. The van der Waals surface area contributed by atoms with Gasteiger partial charge in [-0.15, -0.1) is 0 Å². The number of amides is 2. The number of anilines is 1. The minimum atomic E-state index is -3.84. The number of benzene rings is 3. The lowest BCUT2D eigenvalue weighted by atomic mass is 10.1. The number of ether oxygens (including phenoxy) is 2. The molecule has 44 heavy (non-hydrogen) atoms. The normalized spacial score (nSPS) is 15.5. The van der Waals surface area contributed by atoms with Gasteiger partial charge in [-0.3, -0.25) is 4.90 Å². The number of carbonyl (C=O) groups is 1. The highest BCUT2D eigenvalue weighted by molar-refractivity contribution is 7.90. The molecule has 0 aliphatic carbocycles. The molecule has 10 heteroatoms. The summed E-state index contributed by atoms with van der Waals surface area (Å²) in [6, 6.07) is 25.6. The highest BCUT2D eigenvalue weighted by atomic mass is 32.2.